The first-order valence-corrected chi connectivity index (χ1v) is 22.3. The number of hydrogen-bond acceptors (Lipinski definition) is 15. The fourth-order valence-corrected chi connectivity index (χ4v) is 6.49. The number of nitrogens with one attached hydrogen (secondary N) is 6. The number of aromatic amines is 1. The molecule has 7 amide bonds. The van der Waals surface area contributed by atoms with Gasteiger partial charge in [-0.15, -0.1) is 0 Å². The summed E-state index contributed by atoms with van der Waals surface area (Å²) >= 11 is 3.98. The first kappa shape index (κ1) is 55.2. The van der Waals surface area contributed by atoms with E-state index < -0.39 is 92.7 Å². The van der Waals surface area contributed by atoms with Crippen LogP contribution in [-0.2, 0) is 65.1 Å². The van der Waals surface area contributed by atoms with Gasteiger partial charge < -0.3 is 72.3 Å². The van der Waals surface area contributed by atoms with Gasteiger partial charge in [-0.3, -0.25) is 38.1 Å². The Labute approximate surface area is 375 Å². The van der Waals surface area contributed by atoms with Crippen LogP contribution in [0.1, 0.15) is 44.9 Å². The second-order valence-electron chi connectivity index (χ2n) is 14.8. The van der Waals surface area contributed by atoms with Crippen molar-refractivity contribution >= 4 is 61.8 Å². The lowest BCUT2D eigenvalue weighted by Crippen LogP contribution is -2.60. The summed E-state index contributed by atoms with van der Waals surface area (Å²) in [5, 5.41) is 22.3. The molecule has 0 radical (unpaired) electrons. The van der Waals surface area contributed by atoms with Gasteiger partial charge in [0.15, 0.2) is 0 Å². The van der Waals surface area contributed by atoms with Gasteiger partial charge in [-0.05, 0) is 24.8 Å². The minimum atomic E-state index is -5.12. The molecule has 13 N–H and O–H groups in total. The molecule has 0 saturated carbocycles. The minimum absolute atomic E-state index is 0.00939. The smallest absolute Gasteiger partial charge is 0.394 e. The molecular formula is C38H61N10O14PS. The van der Waals surface area contributed by atoms with Crippen LogP contribution >= 0.6 is 20.5 Å². The molecule has 24 nitrogen and oxygen atoms in total. The van der Waals surface area contributed by atoms with Crippen molar-refractivity contribution < 1.29 is 67.0 Å². The van der Waals surface area contributed by atoms with Gasteiger partial charge in [0.2, 0.25) is 41.4 Å². The first-order chi connectivity index (χ1) is 30.2. The number of aliphatic hydroxyl groups excluding tert-OH is 1. The van der Waals surface area contributed by atoms with Crippen molar-refractivity contribution in [1.82, 2.24) is 41.5 Å². The van der Waals surface area contributed by atoms with Crippen molar-refractivity contribution in [3.63, 3.8) is 0 Å². The number of hydrogen-bond donors (Lipinski definition) is 12. The molecular weight excluding hydrogens is 884 g/mol. The number of thiol groups is 1. The summed E-state index contributed by atoms with van der Waals surface area (Å²) in [7, 11) is -5.12. The summed E-state index contributed by atoms with van der Waals surface area (Å²) in [5.41, 5.74) is 12.0. The number of rotatable bonds is 31. The number of benzene rings is 1. The fraction of sp³-hybridized carbons (Fsp3) is 0.579. The number of carbonyl (C=O) groups excluding carboxylic acids is 7. The predicted molar refractivity (Wildman–Crippen MR) is 231 cm³/mol. The number of nitrogens with zero attached hydrogens (tertiary/aromatic N) is 2. The molecule has 0 aliphatic rings. The van der Waals surface area contributed by atoms with Gasteiger partial charge in [-0.25, -0.2) is 9.55 Å². The van der Waals surface area contributed by atoms with E-state index in [0.29, 0.717) is 5.69 Å². The van der Waals surface area contributed by atoms with Crippen molar-refractivity contribution in [3.8, 4) is 0 Å². The average molecular weight is 945 g/mol. The fourth-order valence-electron chi connectivity index (χ4n) is 5.77. The zero-order chi connectivity index (χ0) is 47.8. The van der Waals surface area contributed by atoms with E-state index in [1.807, 2.05) is 0 Å². The summed E-state index contributed by atoms with van der Waals surface area (Å²) in [6.45, 7) is 4.04. The number of imidazole rings is 1. The summed E-state index contributed by atoms with van der Waals surface area (Å²) in [5.74, 6) is -5.62. The summed E-state index contributed by atoms with van der Waals surface area (Å²) in [6, 6.07) is 1.96. The van der Waals surface area contributed by atoms with Gasteiger partial charge in [0.1, 0.15) is 24.2 Å². The number of amides is 7. The number of nitrogens with two attached hydrogens (primary N) is 2. The molecule has 2 rings (SSSR count). The lowest BCUT2D eigenvalue weighted by atomic mass is 10.0. The molecule has 2 aromatic rings. The highest BCUT2D eigenvalue weighted by Crippen LogP contribution is 2.38. The van der Waals surface area contributed by atoms with Crippen LogP contribution in [0.5, 0.6) is 0 Å². The number of aliphatic hydroxyl groups is 1. The van der Waals surface area contributed by atoms with Crippen LogP contribution in [0.2, 0.25) is 0 Å². The maximum absolute atomic E-state index is 13.9. The molecule has 358 valence electrons. The maximum Gasteiger partial charge on any atom is 0.469 e. The Morgan fingerprint density at radius 3 is 2.08 bits per heavy atom. The highest BCUT2D eigenvalue weighted by Gasteiger charge is 2.35. The zero-order valence-corrected chi connectivity index (χ0v) is 37.6. The van der Waals surface area contributed by atoms with E-state index in [1.165, 1.54) is 17.4 Å². The molecule has 0 spiro atoms. The van der Waals surface area contributed by atoms with E-state index >= 15 is 0 Å². The van der Waals surface area contributed by atoms with Gasteiger partial charge in [0, 0.05) is 37.2 Å². The molecule has 0 aliphatic heterocycles. The lowest BCUT2D eigenvalue weighted by Gasteiger charge is -2.28. The van der Waals surface area contributed by atoms with Gasteiger partial charge in [-0.1, -0.05) is 44.2 Å². The van der Waals surface area contributed by atoms with E-state index in [0.717, 1.165) is 12.5 Å². The molecule has 0 saturated heterocycles. The van der Waals surface area contributed by atoms with Crippen LogP contribution in [0.25, 0.3) is 0 Å². The standard InChI is InChI=1S/C38H61N10O14PS/c1-23(2)15-28(44-31(50)19-48(18-25-7-5-4-6-8-25)32(51)9-11-60-13-14-61-12-10-42-35(53)27(39)21-64)36(54)45-29(16-26-17-41-22-43-26)37(55)46-30(20-49)38(56)47-33(34(40)52)24(3)62-63(57,58)59/h4-8,17,22-24,27-30,33,49,64H,9-16,18-21,39H2,1-3H3,(H2,40,52)(H,41,43)(H,42,53)(H,44,50)(H,45,54)(H,46,55)(H,47,56)(H2,57,58,59)/t24-,27+,28+,29+,30+,33+/m1/s1. The Balaban J connectivity index is 2.14. The Morgan fingerprint density at radius 1 is 0.875 bits per heavy atom. The Hall–Kier alpha value is -4.98. The third kappa shape index (κ3) is 21.6. The first-order valence-electron chi connectivity index (χ1n) is 20.2. The average Bonchev–Trinajstić information content (AvgIpc) is 3.75. The van der Waals surface area contributed by atoms with Gasteiger partial charge in [-0.2, -0.15) is 12.6 Å². The zero-order valence-electron chi connectivity index (χ0n) is 35.8. The van der Waals surface area contributed by atoms with Crippen molar-refractivity contribution in [2.45, 2.75) is 82.9 Å². The lowest BCUT2D eigenvalue weighted by molar-refractivity contribution is -0.139. The van der Waals surface area contributed by atoms with E-state index in [9.17, 15) is 43.2 Å². The van der Waals surface area contributed by atoms with Crippen LogP contribution in [0, 0.1) is 5.92 Å². The van der Waals surface area contributed by atoms with Crippen molar-refractivity contribution in [1.29, 1.82) is 0 Å². The second-order valence-corrected chi connectivity index (χ2v) is 16.4. The molecule has 26 heteroatoms. The van der Waals surface area contributed by atoms with Crippen LogP contribution in [0.3, 0.4) is 0 Å². The summed E-state index contributed by atoms with van der Waals surface area (Å²) in [6.07, 6.45) is 0.860. The molecule has 64 heavy (non-hydrogen) atoms. The summed E-state index contributed by atoms with van der Waals surface area (Å²) < 4.78 is 26.8. The minimum Gasteiger partial charge on any atom is -0.394 e. The molecule has 1 heterocycles. The Kier molecular flexibility index (Phi) is 24.8. The SMILES string of the molecule is CC(C)C[C@H](NC(=O)CN(Cc1ccccc1)C(=O)CCOCCOCCNC(=O)[C@@H](N)CS)C(=O)N[C@@H](Cc1cnc[nH]1)C(=O)N[C@@H](CO)C(=O)N[C@H](C(N)=O)[C@@H](C)OP(=O)(O)O. The molecule has 1 aromatic heterocycles. The predicted octanol–water partition coefficient (Wildman–Crippen LogP) is -3.26. The van der Waals surface area contributed by atoms with Crippen molar-refractivity contribution in [3.05, 3.63) is 54.1 Å². The Bertz CT molecular complexity index is 1840. The molecule has 0 fully saturated rings. The van der Waals surface area contributed by atoms with Crippen molar-refractivity contribution in [2.75, 3.05) is 51.9 Å². The number of carbonyl (C=O) groups is 7. The highest BCUT2D eigenvalue weighted by molar-refractivity contribution is 7.80. The van der Waals surface area contributed by atoms with Crippen molar-refractivity contribution in [2.24, 2.45) is 17.4 Å². The molecule has 0 bridgehead atoms. The van der Waals surface area contributed by atoms with Crippen LogP contribution in [0.4, 0.5) is 0 Å². The number of phosphoric ester groups is 1. The number of phosphoric acid groups is 1. The number of H-pyrrole nitrogens is 1. The quantitative estimate of drug-likeness (QED) is 0.0201. The third-order valence-corrected chi connectivity index (χ3v) is 9.98. The molecule has 1 aromatic carbocycles. The van der Waals surface area contributed by atoms with E-state index in [2.05, 4.69) is 53.7 Å². The molecule has 0 aliphatic carbocycles. The normalized spacial score (nSPS) is 14.3. The van der Waals surface area contributed by atoms with E-state index in [1.54, 1.807) is 44.2 Å². The van der Waals surface area contributed by atoms with Gasteiger partial charge >= 0.3 is 7.82 Å². The van der Waals surface area contributed by atoms with Gasteiger partial charge in [0.25, 0.3) is 0 Å². The Morgan fingerprint density at radius 2 is 1.50 bits per heavy atom. The maximum atomic E-state index is 13.9. The van der Waals surface area contributed by atoms with Crippen LogP contribution in [-0.4, -0.2) is 159 Å². The monoisotopic (exact) mass is 944 g/mol. The number of ether oxygens (including phenoxy) is 2. The van der Waals surface area contributed by atoms with Gasteiger partial charge in [0.05, 0.1) is 64.5 Å². The van der Waals surface area contributed by atoms with E-state index in [4.69, 9.17) is 30.7 Å². The third-order valence-electron chi connectivity index (χ3n) is 8.98. The molecule has 0 unspecified atom stereocenters. The second kappa shape index (κ2) is 28.7. The summed E-state index contributed by atoms with van der Waals surface area (Å²) in [4.78, 5) is 118. The van der Waals surface area contributed by atoms with E-state index in [-0.39, 0.29) is 76.4 Å². The number of primary amides is 1. The highest BCUT2D eigenvalue weighted by atomic mass is 32.1. The number of aromatic nitrogens is 2. The molecule has 6 atom stereocenters. The van der Waals surface area contributed by atoms with Crippen LogP contribution < -0.4 is 38.1 Å². The largest absolute Gasteiger partial charge is 0.469 e. The topological polar surface area (TPSA) is 369 Å². The van der Waals surface area contributed by atoms with Crippen LogP contribution in [0.15, 0.2) is 42.9 Å².